The van der Waals surface area contributed by atoms with E-state index in [2.05, 4.69) is 15.8 Å². The van der Waals surface area contributed by atoms with E-state index in [1.807, 2.05) is 0 Å². The number of fused-ring (bicyclic) bond motifs is 1. The van der Waals surface area contributed by atoms with Gasteiger partial charge in [-0.1, -0.05) is 47.5 Å². The van der Waals surface area contributed by atoms with Crippen molar-refractivity contribution in [3.05, 3.63) is 78.3 Å². The first-order valence-electron chi connectivity index (χ1n) is 6.75. The molecule has 0 heterocycles. The number of nitrogens with zero attached hydrogens (tertiary/aromatic N) is 1. The molecule has 2 amide bonds. The molecule has 0 bridgehead atoms. The van der Waals surface area contributed by atoms with Crippen LogP contribution in [0, 0.1) is 0 Å². The number of amides is 2. The molecule has 120 valence electrons. The van der Waals surface area contributed by atoms with E-state index in [1.54, 1.807) is 18.2 Å². The molecule has 0 aliphatic heterocycles. The summed E-state index contributed by atoms with van der Waals surface area (Å²) in [6, 6.07) is 10.1. The van der Waals surface area contributed by atoms with Crippen molar-refractivity contribution in [2.45, 2.75) is 0 Å². The van der Waals surface area contributed by atoms with Gasteiger partial charge in [0.15, 0.2) is 5.36 Å². The van der Waals surface area contributed by atoms with Crippen molar-refractivity contribution >= 4 is 45.7 Å². The molecule has 0 atom stereocenters. The molecular weight excluding hydrogens is 353 g/mol. The predicted octanol–water partition coefficient (Wildman–Crippen LogP) is 2.38. The molecule has 0 fully saturated rings. The summed E-state index contributed by atoms with van der Waals surface area (Å²) in [5.41, 5.74) is 1.37. The molecule has 6 nitrogen and oxygen atoms in total. The lowest BCUT2D eigenvalue weighted by Crippen LogP contribution is -2.36. The molecular formula is C16H9Cl2N3O3. The summed E-state index contributed by atoms with van der Waals surface area (Å²) in [4.78, 5) is 36.1. The van der Waals surface area contributed by atoms with E-state index in [0.717, 1.165) is 0 Å². The lowest BCUT2D eigenvalue weighted by atomic mass is 10.2. The third-order valence-corrected chi connectivity index (χ3v) is 3.84. The molecule has 8 heteroatoms. The highest BCUT2D eigenvalue weighted by atomic mass is 35.5. The third-order valence-electron chi connectivity index (χ3n) is 3.30. The van der Waals surface area contributed by atoms with Crippen molar-refractivity contribution in [3.8, 4) is 0 Å². The van der Waals surface area contributed by atoms with E-state index in [0.29, 0.717) is 10.7 Å². The van der Waals surface area contributed by atoms with Crippen LogP contribution in [0.25, 0.3) is 10.8 Å². The van der Waals surface area contributed by atoms with Gasteiger partial charge in [-0.15, -0.1) is 0 Å². The monoisotopic (exact) mass is 361 g/mol. The van der Waals surface area contributed by atoms with Crippen LogP contribution < -0.4 is 27.0 Å². The first kappa shape index (κ1) is 16.2. The Morgan fingerprint density at radius 3 is 2.17 bits per heavy atom. The minimum Gasteiger partial charge on any atom is -0.305 e. The van der Waals surface area contributed by atoms with Gasteiger partial charge in [-0.05, 0) is 18.2 Å². The maximum absolute atomic E-state index is 12.1. The fourth-order valence-corrected chi connectivity index (χ4v) is 2.64. The summed E-state index contributed by atoms with van der Waals surface area (Å²) >= 11 is 11.7. The Bertz CT molecular complexity index is 1050. The molecule has 2 N–H and O–H groups in total. The lowest BCUT2D eigenvalue weighted by Gasteiger charge is -2.06. The van der Waals surface area contributed by atoms with Gasteiger partial charge in [0.05, 0.1) is 10.7 Å². The Labute approximate surface area is 145 Å². The number of carbonyl (C=O) groups excluding carboxylic acids is 1. The summed E-state index contributed by atoms with van der Waals surface area (Å²) < 4.78 is 0. The van der Waals surface area contributed by atoms with Crippen LogP contribution in [0.3, 0.4) is 0 Å². The summed E-state index contributed by atoms with van der Waals surface area (Å²) in [5, 5.41) is 6.93. The standard InChI is InChI=1S/C16H9Cl2N3O3/c17-8-5-6-12(11(18)7-8)19-16(24)21-20-13-14(22)9-3-1-2-4-10(9)15(13)23/h1-7H,(H2,19,21,24). The van der Waals surface area contributed by atoms with Crippen LogP contribution in [0.1, 0.15) is 0 Å². The molecule has 0 aliphatic rings. The Hall–Kier alpha value is -2.70. The normalized spacial score (nSPS) is 10.6. The predicted molar refractivity (Wildman–Crippen MR) is 93.0 cm³/mol. The number of urea groups is 1. The van der Waals surface area contributed by atoms with Gasteiger partial charge in [0, 0.05) is 15.8 Å². The van der Waals surface area contributed by atoms with Crippen LogP contribution in [0.15, 0.2) is 57.2 Å². The largest absolute Gasteiger partial charge is 0.339 e. The summed E-state index contributed by atoms with van der Waals surface area (Å²) in [7, 11) is 0. The smallest absolute Gasteiger partial charge is 0.305 e. The van der Waals surface area contributed by atoms with Crippen molar-refractivity contribution in [1.29, 1.82) is 0 Å². The minimum absolute atomic E-state index is 0.241. The zero-order valence-corrected chi connectivity index (χ0v) is 13.5. The van der Waals surface area contributed by atoms with Crippen molar-refractivity contribution in [1.82, 2.24) is 5.43 Å². The summed E-state index contributed by atoms with van der Waals surface area (Å²) in [5.74, 6) is 0. The highest BCUT2D eigenvalue weighted by Crippen LogP contribution is 2.25. The molecule has 0 unspecified atom stereocenters. The van der Waals surface area contributed by atoms with E-state index < -0.39 is 16.9 Å². The Morgan fingerprint density at radius 2 is 1.58 bits per heavy atom. The molecule has 0 saturated carbocycles. The van der Waals surface area contributed by atoms with Gasteiger partial charge in [-0.3, -0.25) is 9.59 Å². The Kier molecular flexibility index (Phi) is 4.33. The van der Waals surface area contributed by atoms with Crippen molar-refractivity contribution in [2.24, 2.45) is 5.10 Å². The second kappa shape index (κ2) is 6.43. The molecule has 0 saturated heterocycles. The van der Waals surface area contributed by atoms with Gasteiger partial charge >= 0.3 is 6.03 Å². The summed E-state index contributed by atoms with van der Waals surface area (Å²) in [6.45, 7) is 0. The number of anilines is 1. The van der Waals surface area contributed by atoms with Gasteiger partial charge in [0.2, 0.25) is 10.9 Å². The first-order chi connectivity index (χ1) is 11.5. The van der Waals surface area contributed by atoms with Gasteiger partial charge in [0.1, 0.15) is 0 Å². The van der Waals surface area contributed by atoms with E-state index in [1.165, 1.54) is 24.3 Å². The van der Waals surface area contributed by atoms with Crippen LogP contribution >= 0.6 is 23.2 Å². The first-order valence-corrected chi connectivity index (χ1v) is 7.51. The molecule has 3 aromatic carbocycles. The minimum atomic E-state index is -0.747. The quantitative estimate of drug-likeness (QED) is 0.686. The maximum Gasteiger partial charge on any atom is 0.339 e. The van der Waals surface area contributed by atoms with E-state index in [4.69, 9.17) is 23.2 Å². The average Bonchev–Trinajstić information content (AvgIpc) is 2.80. The zero-order chi connectivity index (χ0) is 17.3. The molecule has 0 aliphatic carbocycles. The highest BCUT2D eigenvalue weighted by molar-refractivity contribution is 6.36. The molecule has 0 aromatic heterocycles. The fourth-order valence-electron chi connectivity index (χ4n) is 2.19. The topological polar surface area (TPSA) is 87.6 Å². The van der Waals surface area contributed by atoms with Crippen LogP contribution in [0.4, 0.5) is 10.5 Å². The second-order valence-electron chi connectivity index (χ2n) is 4.85. The lowest BCUT2D eigenvalue weighted by molar-refractivity contribution is 0.252. The molecule has 3 rings (SSSR count). The maximum atomic E-state index is 12.1. The van der Waals surface area contributed by atoms with Crippen LogP contribution in [-0.4, -0.2) is 6.03 Å². The molecule has 24 heavy (non-hydrogen) atoms. The van der Waals surface area contributed by atoms with Crippen molar-refractivity contribution < 1.29 is 4.79 Å². The number of rotatable bonds is 2. The van der Waals surface area contributed by atoms with Gasteiger partial charge in [-0.25, -0.2) is 10.2 Å². The number of carbonyl (C=O) groups is 1. The van der Waals surface area contributed by atoms with Crippen LogP contribution in [0.5, 0.6) is 0 Å². The number of hydrogen-bond donors (Lipinski definition) is 2. The van der Waals surface area contributed by atoms with Gasteiger partial charge in [0.25, 0.3) is 0 Å². The van der Waals surface area contributed by atoms with Gasteiger partial charge < -0.3 is 5.32 Å². The number of halogens is 2. The van der Waals surface area contributed by atoms with Crippen LogP contribution in [-0.2, 0) is 0 Å². The van der Waals surface area contributed by atoms with E-state index in [-0.39, 0.29) is 21.2 Å². The van der Waals surface area contributed by atoms with Crippen molar-refractivity contribution in [2.75, 3.05) is 5.32 Å². The third kappa shape index (κ3) is 3.02. The van der Waals surface area contributed by atoms with Gasteiger partial charge in [-0.2, -0.15) is 5.10 Å². The molecule has 0 spiro atoms. The number of hydrogen-bond acceptors (Lipinski definition) is 4. The number of benzene rings is 2. The number of nitrogens with one attached hydrogen (secondary N) is 2. The van der Waals surface area contributed by atoms with Crippen LogP contribution in [0.2, 0.25) is 10.0 Å². The fraction of sp³-hybridized carbons (Fsp3) is 0. The molecule has 3 aromatic rings. The average molecular weight is 362 g/mol. The van der Waals surface area contributed by atoms with E-state index >= 15 is 0 Å². The summed E-state index contributed by atoms with van der Waals surface area (Å²) in [6.07, 6.45) is 0. The Morgan fingerprint density at radius 1 is 0.958 bits per heavy atom. The second-order valence-corrected chi connectivity index (χ2v) is 5.70. The Balaban J connectivity index is 1.87. The van der Waals surface area contributed by atoms with E-state index in [9.17, 15) is 14.4 Å². The molecule has 0 radical (unpaired) electrons. The zero-order valence-electron chi connectivity index (χ0n) is 12.0. The highest BCUT2D eigenvalue weighted by Gasteiger charge is 2.11. The van der Waals surface area contributed by atoms with Crippen molar-refractivity contribution in [3.63, 3.8) is 0 Å². The SMILES string of the molecule is O=C(NN=c1c(=O)c2ccccc2c1=O)Nc1ccc(Cl)cc1Cl.